The quantitative estimate of drug-likeness (QED) is 0.462. The van der Waals surface area contributed by atoms with Crippen molar-refractivity contribution < 1.29 is 4.79 Å². The number of terminal acetylenes is 1. The molecule has 0 bridgehead atoms. The molecule has 1 saturated carbocycles. The highest BCUT2D eigenvalue weighted by atomic mass is 16.1. The molecule has 0 atom stereocenters. The zero-order valence-electron chi connectivity index (χ0n) is 7.46. The minimum Gasteiger partial charge on any atom is -0.303 e. The normalized spacial score (nSPS) is 29.2. The summed E-state index contributed by atoms with van der Waals surface area (Å²) in [6.07, 6.45) is 12.8. The Morgan fingerprint density at radius 2 is 1.83 bits per heavy atom. The van der Waals surface area contributed by atoms with Crippen LogP contribution in [-0.4, -0.2) is 6.29 Å². The summed E-state index contributed by atoms with van der Waals surface area (Å²) in [5.41, 5.74) is 0. The van der Waals surface area contributed by atoms with E-state index in [1.807, 2.05) is 0 Å². The van der Waals surface area contributed by atoms with E-state index in [9.17, 15) is 4.79 Å². The van der Waals surface area contributed by atoms with Crippen LogP contribution in [0, 0.1) is 24.2 Å². The highest BCUT2D eigenvalue weighted by Crippen LogP contribution is 2.31. The molecule has 0 aliphatic heterocycles. The third-order valence-corrected chi connectivity index (χ3v) is 2.80. The zero-order chi connectivity index (χ0) is 8.81. The van der Waals surface area contributed by atoms with Crippen LogP contribution >= 0.6 is 0 Å². The van der Waals surface area contributed by atoms with E-state index in [0.717, 1.165) is 25.0 Å². The second kappa shape index (κ2) is 4.98. The number of carbonyl (C=O) groups excluding carboxylic acids is 1. The molecular formula is C11H16O. The smallest absolute Gasteiger partial charge is 0.120 e. The first-order valence-corrected chi connectivity index (χ1v) is 4.74. The molecule has 0 amide bonds. The molecule has 1 nitrogen and oxygen atoms in total. The van der Waals surface area contributed by atoms with E-state index < -0.39 is 0 Å². The van der Waals surface area contributed by atoms with Crippen molar-refractivity contribution in [2.75, 3.05) is 0 Å². The number of hydrogen-bond donors (Lipinski definition) is 0. The standard InChI is InChI=1S/C11H16O/c1-2-3-10-4-6-11(7-5-10)8-9-12/h1,9-11H,3-8H2. The first-order valence-electron chi connectivity index (χ1n) is 4.74. The summed E-state index contributed by atoms with van der Waals surface area (Å²) in [4.78, 5) is 10.2. The molecule has 0 N–H and O–H groups in total. The van der Waals surface area contributed by atoms with Gasteiger partial charge in [-0.3, -0.25) is 0 Å². The Balaban J connectivity index is 2.21. The fourth-order valence-corrected chi connectivity index (χ4v) is 1.97. The molecule has 12 heavy (non-hydrogen) atoms. The molecule has 1 rings (SSSR count). The summed E-state index contributed by atoms with van der Waals surface area (Å²) in [6.45, 7) is 0. The molecule has 1 heteroatoms. The summed E-state index contributed by atoms with van der Waals surface area (Å²) >= 11 is 0. The van der Waals surface area contributed by atoms with E-state index in [1.54, 1.807) is 0 Å². The van der Waals surface area contributed by atoms with Crippen LogP contribution in [0.1, 0.15) is 38.5 Å². The maximum Gasteiger partial charge on any atom is 0.120 e. The van der Waals surface area contributed by atoms with Crippen LogP contribution < -0.4 is 0 Å². The maximum absolute atomic E-state index is 10.2. The molecule has 1 fully saturated rings. The van der Waals surface area contributed by atoms with Gasteiger partial charge in [-0.25, -0.2) is 0 Å². The molecule has 0 aromatic carbocycles. The molecule has 0 radical (unpaired) electrons. The van der Waals surface area contributed by atoms with Crippen molar-refractivity contribution in [1.82, 2.24) is 0 Å². The van der Waals surface area contributed by atoms with Crippen LogP contribution in [0.25, 0.3) is 0 Å². The van der Waals surface area contributed by atoms with E-state index in [1.165, 1.54) is 25.7 Å². The van der Waals surface area contributed by atoms with Crippen molar-refractivity contribution in [3.63, 3.8) is 0 Å². The average Bonchev–Trinajstić information content (AvgIpc) is 2.09. The Hall–Kier alpha value is -0.770. The summed E-state index contributed by atoms with van der Waals surface area (Å²) in [7, 11) is 0. The fraction of sp³-hybridized carbons (Fsp3) is 0.727. The van der Waals surface area contributed by atoms with E-state index >= 15 is 0 Å². The third-order valence-electron chi connectivity index (χ3n) is 2.80. The van der Waals surface area contributed by atoms with Crippen molar-refractivity contribution >= 4 is 6.29 Å². The van der Waals surface area contributed by atoms with Gasteiger partial charge in [-0.15, -0.1) is 12.3 Å². The highest BCUT2D eigenvalue weighted by Gasteiger charge is 2.19. The van der Waals surface area contributed by atoms with E-state index in [4.69, 9.17) is 6.42 Å². The second-order valence-corrected chi connectivity index (χ2v) is 3.70. The maximum atomic E-state index is 10.2. The predicted molar refractivity (Wildman–Crippen MR) is 49.6 cm³/mol. The molecule has 0 aromatic heterocycles. The minimum absolute atomic E-state index is 0.650. The molecule has 0 unspecified atom stereocenters. The molecule has 0 aromatic rings. The molecule has 1 aliphatic carbocycles. The lowest BCUT2D eigenvalue weighted by molar-refractivity contribution is -0.108. The van der Waals surface area contributed by atoms with Crippen LogP contribution in [0.15, 0.2) is 0 Å². The first-order chi connectivity index (χ1) is 5.86. The molecule has 0 saturated heterocycles. The Morgan fingerprint density at radius 1 is 1.25 bits per heavy atom. The van der Waals surface area contributed by atoms with Gasteiger partial charge in [-0.05, 0) is 37.5 Å². The van der Waals surface area contributed by atoms with Crippen molar-refractivity contribution in [2.24, 2.45) is 11.8 Å². The minimum atomic E-state index is 0.650. The fourth-order valence-electron chi connectivity index (χ4n) is 1.97. The van der Waals surface area contributed by atoms with Crippen molar-refractivity contribution in [1.29, 1.82) is 0 Å². The van der Waals surface area contributed by atoms with Gasteiger partial charge in [-0.1, -0.05) is 0 Å². The van der Waals surface area contributed by atoms with Gasteiger partial charge in [0.15, 0.2) is 0 Å². The van der Waals surface area contributed by atoms with Crippen molar-refractivity contribution in [3.8, 4) is 12.3 Å². The molecular weight excluding hydrogens is 148 g/mol. The second-order valence-electron chi connectivity index (χ2n) is 3.70. The third kappa shape index (κ3) is 2.70. The molecule has 0 spiro atoms. The number of rotatable bonds is 3. The van der Waals surface area contributed by atoms with Gasteiger partial charge in [0, 0.05) is 12.8 Å². The van der Waals surface area contributed by atoms with E-state index in [2.05, 4.69) is 5.92 Å². The van der Waals surface area contributed by atoms with Crippen LogP contribution in [0.4, 0.5) is 0 Å². The van der Waals surface area contributed by atoms with Gasteiger partial charge in [0.2, 0.25) is 0 Å². The summed E-state index contributed by atoms with van der Waals surface area (Å²) in [6, 6.07) is 0. The summed E-state index contributed by atoms with van der Waals surface area (Å²) < 4.78 is 0. The van der Waals surface area contributed by atoms with E-state index in [0.29, 0.717) is 5.92 Å². The Kier molecular flexibility index (Phi) is 3.87. The first kappa shape index (κ1) is 9.32. The van der Waals surface area contributed by atoms with Crippen LogP contribution in [0.3, 0.4) is 0 Å². The Morgan fingerprint density at radius 3 is 2.33 bits per heavy atom. The lowest BCUT2D eigenvalue weighted by Gasteiger charge is -2.25. The molecule has 1 aliphatic rings. The number of aldehydes is 1. The van der Waals surface area contributed by atoms with Gasteiger partial charge < -0.3 is 4.79 Å². The van der Waals surface area contributed by atoms with Gasteiger partial charge >= 0.3 is 0 Å². The van der Waals surface area contributed by atoms with Gasteiger partial charge in [0.1, 0.15) is 6.29 Å². The zero-order valence-corrected chi connectivity index (χ0v) is 7.46. The Bertz CT molecular complexity index is 170. The largest absolute Gasteiger partial charge is 0.303 e. The molecule has 66 valence electrons. The lowest BCUT2D eigenvalue weighted by Crippen LogP contribution is -2.14. The van der Waals surface area contributed by atoms with Gasteiger partial charge in [-0.2, -0.15) is 0 Å². The molecule has 0 heterocycles. The SMILES string of the molecule is C#CCC1CCC(CC=O)CC1. The number of hydrogen-bond acceptors (Lipinski definition) is 1. The van der Waals surface area contributed by atoms with E-state index in [-0.39, 0.29) is 0 Å². The van der Waals surface area contributed by atoms with Crippen molar-refractivity contribution in [3.05, 3.63) is 0 Å². The van der Waals surface area contributed by atoms with Crippen LogP contribution in [-0.2, 0) is 4.79 Å². The summed E-state index contributed by atoms with van der Waals surface area (Å²) in [5, 5.41) is 0. The van der Waals surface area contributed by atoms with Crippen LogP contribution in [0.2, 0.25) is 0 Å². The van der Waals surface area contributed by atoms with Gasteiger partial charge in [0.25, 0.3) is 0 Å². The number of carbonyl (C=O) groups is 1. The Labute approximate surface area is 74.5 Å². The lowest BCUT2D eigenvalue weighted by atomic mass is 9.79. The van der Waals surface area contributed by atoms with Crippen LogP contribution in [0.5, 0.6) is 0 Å². The monoisotopic (exact) mass is 164 g/mol. The highest BCUT2D eigenvalue weighted by molar-refractivity contribution is 5.49. The predicted octanol–water partition coefficient (Wildman–Crippen LogP) is 2.41. The average molecular weight is 164 g/mol. The van der Waals surface area contributed by atoms with Gasteiger partial charge in [0.05, 0.1) is 0 Å². The summed E-state index contributed by atoms with van der Waals surface area (Å²) in [5.74, 6) is 4.10. The van der Waals surface area contributed by atoms with Crippen molar-refractivity contribution in [2.45, 2.75) is 38.5 Å². The topological polar surface area (TPSA) is 17.1 Å².